The zero-order chi connectivity index (χ0) is 11.7. The lowest BCUT2D eigenvalue weighted by Crippen LogP contribution is -2.34. The van der Waals surface area contributed by atoms with Crippen LogP contribution >= 0.6 is 0 Å². The number of carbonyl (C=O) groups is 1. The third kappa shape index (κ3) is 7.37. The summed E-state index contributed by atoms with van der Waals surface area (Å²) in [7, 11) is 0. The predicted octanol–water partition coefficient (Wildman–Crippen LogP) is 2.96. The molecule has 3 heteroatoms. The summed E-state index contributed by atoms with van der Waals surface area (Å²) in [5.74, 6) is -1.12. The van der Waals surface area contributed by atoms with Crippen molar-refractivity contribution in [3.05, 3.63) is 0 Å². The lowest BCUT2D eigenvalue weighted by molar-refractivity contribution is -0.157. The second kappa shape index (κ2) is 7.69. The van der Waals surface area contributed by atoms with E-state index >= 15 is 0 Å². The smallest absolute Gasteiger partial charge is 0.335 e. The van der Waals surface area contributed by atoms with Crippen molar-refractivity contribution in [2.75, 3.05) is 0 Å². The molecule has 0 aromatic rings. The molecular weight excluding hydrogens is 192 g/mol. The molecule has 0 fully saturated rings. The van der Waals surface area contributed by atoms with Gasteiger partial charge >= 0.3 is 5.97 Å². The van der Waals surface area contributed by atoms with E-state index in [4.69, 9.17) is 5.11 Å². The molecule has 1 atom stereocenters. The summed E-state index contributed by atoms with van der Waals surface area (Å²) in [4.78, 5) is 10.6. The van der Waals surface area contributed by atoms with Gasteiger partial charge in [-0.05, 0) is 19.8 Å². The molecule has 0 bridgehead atoms. The van der Waals surface area contributed by atoms with Gasteiger partial charge in [-0.1, -0.05) is 45.4 Å². The van der Waals surface area contributed by atoms with E-state index in [1.807, 2.05) is 0 Å². The van der Waals surface area contributed by atoms with E-state index in [-0.39, 0.29) is 0 Å². The van der Waals surface area contributed by atoms with Crippen molar-refractivity contribution in [1.82, 2.24) is 0 Å². The Labute approximate surface area is 92.5 Å². The maximum Gasteiger partial charge on any atom is 0.335 e. The second-order valence-corrected chi connectivity index (χ2v) is 4.45. The van der Waals surface area contributed by atoms with E-state index in [0.717, 1.165) is 19.3 Å². The standard InChI is InChI=1S/C12H24O3/c1-3-4-5-6-7-8-9-10-12(2,15)11(13)14/h15H,3-10H2,1-2H3,(H,13,14). The average Bonchev–Trinajstić information content (AvgIpc) is 2.16. The largest absolute Gasteiger partial charge is 0.479 e. The van der Waals surface area contributed by atoms with Gasteiger partial charge in [-0.2, -0.15) is 0 Å². The number of hydrogen-bond donors (Lipinski definition) is 2. The predicted molar refractivity (Wildman–Crippen MR) is 60.9 cm³/mol. The van der Waals surface area contributed by atoms with Crippen LogP contribution in [0.25, 0.3) is 0 Å². The number of hydrogen-bond acceptors (Lipinski definition) is 2. The summed E-state index contributed by atoms with van der Waals surface area (Å²) in [6, 6.07) is 0. The van der Waals surface area contributed by atoms with Crippen LogP contribution in [0.4, 0.5) is 0 Å². The van der Waals surface area contributed by atoms with Gasteiger partial charge in [-0.25, -0.2) is 4.79 Å². The van der Waals surface area contributed by atoms with Crippen molar-refractivity contribution in [2.45, 2.75) is 70.8 Å². The average molecular weight is 216 g/mol. The Morgan fingerprint density at radius 2 is 1.53 bits per heavy atom. The molecule has 0 rings (SSSR count). The lowest BCUT2D eigenvalue weighted by Gasteiger charge is -2.17. The first kappa shape index (κ1) is 14.4. The Kier molecular flexibility index (Phi) is 7.39. The molecule has 15 heavy (non-hydrogen) atoms. The van der Waals surface area contributed by atoms with Crippen molar-refractivity contribution >= 4 is 5.97 Å². The molecule has 0 aliphatic rings. The SMILES string of the molecule is CCCCCCCCCC(C)(O)C(=O)O. The Morgan fingerprint density at radius 3 is 2.00 bits per heavy atom. The Balaban J connectivity index is 3.35. The van der Waals surface area contributed by atoms with Crippen LogP contribution in [-0.4, -0.2) is 21.8 Å². The van der Waals surface area contributed by atoms with Crippen molar-refractivity contribution in [1.29, 1.82) is 0 Å². The highest BCUT2D eigenvalue weighted by Crippen LogP contribution is 2.16. The van der Waals surface area contributed by atoms with Crippen LogP contribution in [0.1, 0.15) is 65.2 Å². The summed E-state index contributed by atoms with van der Waals surface area (Å²) in [6.07, 6.45) is 8.35. The number of carboxylic acid groups (broad SMARTS) is 1. The molecular formula is C12H24O3. The zero-order valence-electron chi connectivity index (χ0n) is 9.96. The Morgan fingerprint density at radius 1 is 1.07 bits per heavy atom. The molecule has 0 aromatic heterocycles. The molecule has 0 spiro atoms. The third-order valence-corrected chi connectivity index (χ3v) is 2.73. The molecule has 0 aliphatic heterocycles. The van der Waals surface area contributed by atoms with Crippen LogP contribution in [0.3, 0.4) is 0 Å². The van der Waals surface area contributed by atoms with Crippen LogP contribution in [0.5, 0.6) is 0 Å². The first-order valence-electron chi connectivity index (χ1n) is 5.96. The molecule has 1 unspecified atom stereocenters. The topological polar surface area (TPSA) is 57.5 Å². The van der Waals surface area contributed by atoms with Crippen LogP contribution in [0.15, 0.2) is 0 Å². The number of unbranched alkanes of at least 4 members (excludes halogenated alkanes) is 6. The summed E-state index contributed by atoms with van der Waals surface area (Å²) < 4.78 is 0. The van der Waals surface area contributed by atoms with Gasteiger partial charge in [0.25, 0.3) is 0 Å². The first-order chi connectivity index (χ1) is 7.00. The lowest BCUT2D eigenvalue weighted by atomic mass is 9.98. The van der Waals surface area contributed by atoms with Crippen molar-refractivity contribution < 1.29 is 15.0 Å². The van der Waals surface area contributed by atoms with Gasteiger partial charge in [-0.15, -0.1) is 0 Å². The molecule has 2 N–H and O–H groups in total. The molecule has 3 nitrogen and oxygen atoms in total. The minimum atomic E-state index is -1.54. The van der Waals surface area contributed by atoms with Crippen LogP contribution < -0.4 is 0 Å². The van der Waals surface area contributed by atoms with Gasteiger partial charge in [0.05, 0.1) is 0 Å². The monoisotopic (exact) mass is 216 g/mol. The van der Waals surface area contributed by atoms with Crippen LogP contribution in [0, 0.1) is 0 Å². The normalized spacial score (nSPS) is 14.9. The summed E-state index contributed by atoms with van der Waals surface area (Å²) >= 11 is 0. The molecule has 0 radical (unpaired) electrons. The highest BCUT2D eigenvalue weighted by atomic mass is 16.4. The van der Waals surface area contributed by atoms with Crippen LogP contribution in [0.2, 0.25) is 0 Å². The van der Waals surface area contributed by atoms with Crippen molar-refractivity contribution in [2.24, 2.45) is 0 Å². The molecule has 0 saturated carbocycles. The first-order valence-corrected chi connectivity index (χ1v) is 5.96. The zero-order valence-corrected chi connectivity index (χ0v) is 9.96. The van der Waals surface area contributed by atoms with Crippen LogP contribution in [-0.2, 0) is 4.79 Å². The highest BCUT2D eigenvalue weighted by Gasteiger charge is 2.28. The van der Waals surface area contributed by atoms with Gasteiger partial charge in [0.2, 0.25) is 0 Å². The fraction of sp³-hybridized carbons (Fsp3) is 0.917. The van der Waals surface area contributed by atoms with Crippen molar-refractivity contribution in [3.8, 4) is 0 Å². The van der Waals surface area contributed by atoms with Crippen molar-refractivity contribution in [3.63, 3.8) is 0 Å². The summed E-state index contributed by atoms with van der Waals surface area (Å²) in [5.41, 5.74) is -1.54. The number of aliphatic carboxylic acids is 1. The molecule has 0 aromatic carbocycles. The van der Waals surface area contributed by atoms with Gasteiger partial charge in [0, 0.05) is 0 Å². The molecule has 0 amide bonds. The quantitative estimate of drug-likeness (QED) is 0.582. The van der Waals surface area contributed by atoms with E-state index in [1.165, 1.54) is 32.6 Å². The fourth-order valence-electron chi connectivity index (χ4n) is 1.53. The van der Waals surface area contributed by atoms with E-state index in [2.05, 4.69) is 6.92 Å². The highest BCUT2D eigenvalue weighted by molar-refractivity contribution is 5.76. The Bertz CT molecular complexity index is 176. The number of aliphatic hydroxyl groups is 1. The molecule has 0 heterocycles. The van der Waals surface area contributed by atoms with Gasteiger partial charge in [0.15, 0.2) is 5.60 Å². The third-order valence-electron chi connectivity index (χ3n) is 2.73. The number of carboxylic acids is 1. The van der Waals surface area contributed by atoms with Gasteiger partial charge < -0.3 is 10.2 Å². The molecule has 90 valence electrons. The summed E-state index contributed by atoms with van der Waals surface area (Å²) in [6.45, 7) is 3.55. The molecule has 0 aliphatic carbocycles. The van der Waals surface area contributed by atoms with E-state index < -0.39 is 11.6 Å². The van der Waals surface area contributed by atoms with Gasteiger partial charge in [0.1, 0.15) is 0 Å². The van der Waals surface area contributed by atoms with E-state index in [1.54, 1.807) is 0 Å². The summed E-state index contributed by atoms with van der Waals surface area (Å²) in [5, 5.41) is 18.1. The second-order valence-electron chi connectivity index (χ2n) is 4.45. The van der Waals surface area contributed by atoms with E-state index in [0.29, 0.717) is 6.42 Å². The molecule has 0 saturated heterocycles. The minimum absolute atomic E-state index is 0.357. The Hall–Kier alpha value is -0.570. The fourth-order valence-corrected chi connectivity index (χ4v) is 1.53. The minimum Gasteiger partial charge on any atom is -0.479 e. The maximum atomic E-state index is 10.6. The van der Waals surface area contributed by atoms with E-state index in [9.17, 15) is 9.90 Å². The maximum absolute atomic E-state index is 10.6. The van der Waals surface area contributed by atoms with Gasteiger partial charge in [-0.3, -0.25) is 0 Å². The number of rotatable bonds is 9.